The normalized spacial score (nSPS) is 10.0. The van der Waals surface area contributed by atoms with Gasteiger partial charge in [0.25, 0.3) is 5.69 Å². The molecule has 0 fully saturated rings. The minimum Gasteiger partial charge on any atom is -0.258 e. The highest BCUT2D eigenvalue weighted by Gasteiger charge is 2.11. The zero-order chi connectivity index (χ0) is 11.4. The molecule has 0 aliphatic heterocycles. The minimum absolute atomic E-state index is 0.186. The maximum atomic E-state index is 10.8. The summed E-state index contributed by atoms with van der Waals surface area (Å²) in [4.78, 5) is 10.5. The lowest BCUT2D eigenvalue weighted by atomic mass is 10.0. The van der Waals surface area contributed by atoms with E-state index in [4.69, 9.17) is 0 Å². The van der Waals surface area contributed by atoms with Gasteiger partial charge in [0.2, 0.25) is 0 Å². The Morgan fingerprint density at radius 1 is 0.938 bits per heavy atom. The van der Waals surface area contributed by atoms with Crippen molar-refractivity contribution >= 4 is 5.69 Å². The molecule has 0 aliphatic carbocycles. The van der Waals surface area contributed by atoms with Gasteiger partial charge in [-0.15, -0.1) is 0 Å². The number of nitro groups is 1. The molecule has 2 aromatic carbocycles. The number of hydrogen-bond donors (Lipinski definition) is 0. The summed E-state index contributed by atoms with van der Waals surface area (Å²) >= 11 is 0. The molecule has 0 aliphatic rings. The monoisotopic (exact) mass is 213 g/mol. The summed E-state index contributed by atoms with van der Waals surface area (Å²) < 4.78 is 0. The van der Waals surface area contributed by atoms with Crippen molar-refractivity contribution in [2.24, 2.45) is 0 Å². The molecule has 16 heavy (non-hydrogen) atoms. The summed E-state index contributed by atoms with van der Waals surface area (Å²) in [6, 6.07) is 16.6. The van der Waals surface area contributed by atoms with E-state index in [2.05, 4.69) is 0 Å². The second kappa shape index (κ2) is 4.57. The maximum absolute atomic E-state index is 10.8. The Labute approximate surface area is 93.5 Å². The lowest BCUT2D eigenvalue weighted by Gasteiger charge is -2.02. The molecule has 0 saturated carbocycles. The summed E-state index contributed by atoms with van der Waals surface area (Å²) in [6.45, 7) is 0. The molecule has 3 heteroatoms. The van der Waals surface area contributed by atoms with Crippen molar-refractivity contribution in [1.29, 1.82) is 0 Å². The topological polar surface area (TPSA) is 43.1 Å². The predicted molar refractivity (Wildman–Crippen MR) is 62.3 cm³/mol. The summed E-state index contributed by atoms with van der Waals surface area (Å²) in [5, 5.41) is 10.8. The first-order valence-corrected chi connectivity index (χ1v) is 5.03. The molecule has 0 spiro atoms. The fourth-order valence-electron chi connectivity index (χ4n) is 1.65. The number of nitro benzene ring substituents is 1. The Bertz CT molecular complexity index is 494. The molecule has 0 N–H and O–H groups in total. The van der Waals surface area contributed by atoms with Gasteiger partial charge in [0, 0.05) is 18.1 Å². The average molecular weight is 213 g/mol. The highest BCUT2D eigenvalue weighted by atomic mass is 16.6. The van der Waals surface area contributed by atoms with E-state index in [1.54, 1.807) is 12.1 Å². The lowest BCUT2D eigenvalue weighted by Crippen LogP contribution is -1.95. The molecule has 80 valence electrons. The first kappa shape index (κ1) is 10.4. The highest BCUT2D eigenvalue weighted by Crippen LogP contribution is 2.20. The average Bonchev–Trinajstić information content (AvgIpc) is 2.31. The number of hydrogen-bond acceptors (Lipinski definition) is 2. The largest absolute Gasteiger partial charge is 0.272 e. The van der Waals surface area contributed by atoms with Crippen molar-refractivity contribution in [3.05, 3.63) is 75.8 Å². The van der Waals surface area contributed by atoms with Crippen LogP contribution in [0.1, 0.15) is 11.1 Å². The van der Waals surface area contributed by atoms with Gasteiger partial charge >= 0.3 is 0 Å². The second-order valence-corrected chi connectivity index (χ2v) is 3.55. The van der Waals surface area contributed by atoms with Crippen LogP contribution in [0.15, 0.2) is 54.6 Å². The standard InChI is InChI=1S/C13H11NO2/c15-14(16)13-9-5-4-8-12(13)10-11-6-2-1-3-7-11/h1-9H,10H2. The minimum atomic E-state index is -0.335. The number of para-hydroxylation sites is 1. The Balaban J connectivity index is 2.31. The van der Waals surface area contributed by atoms with Crippen molar-refractivity contribution < 1.29 is 4.92 Å². The molecule has 2 aromatic rings. The summed E-state index contributed by atoms with van der Waals surface area (Å²) in [5.41, 5.74) is 2.02. The lowest BCUT2D eigenvalue weighted by molar-refractivity contribution is -0.385. The SMILES string of the molecule is O=[N+]([O-])c1ccccc1Cc1ccccc1. The second-order valence-electron chi connectivity index (χ2n) is 3.55. The van der Waals surface area contributed by atoms with Crippen molar-refractivity contribution in [1.82, 2.24) is 0 Å². The van der Waals surface area contributed by atoms with E-state index in [9.17, 15) is 10.1 Å². The van der Waals surface area contributed by atoms with Crippen LogP contribution in [0.5, 0.6) is 0 Å². The summed E-state index contributed by atoms with van der Waals surface area (Å²) in [5.74, 6) is 0. The van der Waals surface area contributed by atoms with Crippen molar-refractivity contribution in [2.45, 2.75) is 6.42 Å². The van der Waals surface area contributed by atoms with Gasteiger partial charge in [0.1, 0.15) is 0 Å². The van der Waals surface area contributed by atoms with Crippen LogP contribution in [-0.2, 0) is 6.42 Å². The van der Waals surface area contributed by atoms with Gasteiger partial charge in [-0.3, -0.25) is 10.1 Å². The molecule has 0 atom stereocenters. The zero-order valence-corrected chi connectivity index (χ0v) is 8.67. The van der Waals surface area contributed by atoms with Crippen LogP contribution >= 0.6 is 0 Å². The molecule has 0 bridgehead atoms. The smallest absolute Gasteiger partial charge is 0.258 e. The van der Waals surface area contributed by atoms with Gasteiger partial charge in [-0.25, -0.2) is 0 Å². The summed E-state index contributed by atoms with van der Waals surface area (Å²) in [7, 11) is 0. The predicted octanol–water partition coefficient (Wildman–Crippen LogP) is 3.19. The molecule has 0 radical (unpaired) electrons. The van der Waals surface area contributed by atoms with E-state index in [0.29, 0.717) is 6.42 Å². The Hall–Kier alpha value is -2.16. The van der Waals surface area contributed by atoms with Crippen LogP contribution in [0.25, 0.3) is 0 Å². The Morgan fingerprint density at radius 3 is 2.25 bits per heavy atom. The molecule has 0 unspecified atom stereocenters. The first-order chi connectivity index (χ1) is 7.77. The zero-order valence-electron chi connectivity index (χ0n) is 8.67. The molecule has 2 rings (SSSR count). The van der Waals surface area contributed by atoms with Gasteiger partial charge in [0.15, 0.2) is 0 Å². The number of benzene rings is 2. The van der Waals surface area contributed by atoms with E-state index in [1.807, 2.05) is 36.4 Å². The van der Waals surface area contributed by atoms with E-state index in [1.165, 1.54) is 6.07 Å². The van der Waals surface area contributed by atoms with Crippen LogP contribution in [0.3, 0.4) is 0 Å². The quantitative estimate of drug-likeness (QED) is 0.580. The van der Waals surface area contributed by atoms with Crippen LogP contribution in [0, 0.1) is 10.1 Å². The third-order valence-corrected chi connectivity index (χ3v) is 2.43. The van der Waals surface area contributed by atoms with Crippen molar-refractivity contribution in [2.75, 3.05) is 0 Å². The fourth-order valence-corrected chi connectivity index (χ4v) is 1.65. The van der Waals surface area contributed by atoms with Gasteiger partial charge in [-0.05, 0) is 5.56 Å². The third-order valence-electron chi connectivity index (χ3n) is 2.43. The van der Waals surface area contributed by atoms with E-state index >= 15 is 0 Å². The van der Waals surface area contributed by atoms with Gasteiger partial charge in [-0.1, -0.05) is 48.5 Å². The van der Waals surface area contributed by atoms with Gasteiger partial charge < -0.3 is 0 Å². The van der Waals surface area contributed by atoms with Crippen LogP contribution in [0.4, 0.5) is 5.69 Å². The maximum Gasteiger partial charge on any atom is 0.272 e. The third kappa shape index (κ3) is 2.25. The van der Waals surface area contributed by atoms with Gasteiger partial charge in [-0.2, -0.15) is 0 Å². The molecule has 0 amide bonds. The molecule has 0 heterocycles. The van der Waals surface area contributed by atoms with Crippen LogP contribution in [0.2, 0.25) is 0 Å². The summed E-state index contributed by atoms with van der Waals surface area (Å²) in [6.07, 6.45) is 0.595. The first-order valence-electron chi connectivity index (χ1n) is 5.03. The number of nitrogens with zero attached hydrogens (tertiary/aromatic N) is 1. The molecular weight excluding hydrogens is 202 g/mol. The van der Waals surface area contributed by atoms with Crippen molar-refractivity contribution in [3.63, 3.8) is 0 Å². The highest BCUT2D eigenvalue weighted by molar-refractivity contribution is 5.42. The Kier molecular flexibility index (Phi) is 2.96. The fraction of sp³-hybridized carbons (Fsp3) is 0.0769. The van der Waals surface area contributed by atoms with E-state index < -0.39 is 0 Å². The van der Waals surface area contributed by atoms with E-state index in [0.717, 1.165) is 11.1 Å². The van der Waals surface area contributed by atoms with Crippen molar-refractivity contribution in [3.8, 4) is 0 Å². The number of rotatable bonds is 3. The van der Waals surface area contributed by atoms with Crippen LogP contribution < -0.4 is 0 Å². The van der Waals surface area contributed by atoms with Crippen LogP contribution in [-0.4, -0.2) is 4.92 Å². The van der Waals surface area contributed by atoms with E-state index in [-0.39, 0.29) is 10.6 Å². The molecule has 0 aromatic heterocycles. The molecule has 3 nitrogen and oxygen atoms in total. The molecular formula is C13H11NO2. The van der Waals surface area contributed by atoms with Gasteiger partial charge in [0.05, 0.1) is 4.92 Å². The molecule has 0 saturated heterocycles. The Morgan fingerprint density at radius 2 is 1.56 bits per heavy atom.